The van der Waals surface area contributed by atoms with E-state index in [-0.39, 0.29) is 0 Å². The zero-order chi connectivity index (χ0) is 10.7. The van der Waals surface area contributed by atoms with Gasteiger partial charge in [-0.2, -0.15) is 0 Å². The third-order valence-corrected chi connectivity index (χ3v) is 3.74. The topological polar surface area (TPSA) is 32.3 Å². The number of hydrogen-bond donors (Lipinski definition) is 2. The molecule has 3 heteroatoms. The van der Waals surface area contributed by atoms with E-state index in [1.807, 2.05) is 12.1 Å². The van der Waals surface area contributed by atoms with Crippen LogP contribution in [-0.2, 0) is 6.54 Å². The molecule has 0 spiro atoms. The summed E-state index contributed by atoms with van der Waals surface area (Å²) in [5.41, 5.74) is 1.13. The highest BCUT2D eigenvalue weighted by molar-refractivity contribution is 9.10. The molecular formula is C12H16BrNO. The van der Waals surface area contributed by atoms with Gasteiger partial charge in [-0.3, -0.25) is 0 Å². The SMILES string of the molecule is Oc1ccc(Br)c(CNC2CCCC2)c1. The van der Waals surface area contributed by atoms with Gasteiger partial charge in [-0.05, 0) is 36.6 Å². The van der Waals surface area contributed by atoms with Crippen LogP contribution < -0.4 is 5.32 Å². The van der Waals surface area contributed by atoms with Crippen molar-refractivity contribution in [2.75, 3.05) is 0 Å². The number of nitrogens with one attached hydrogen (secondary N) is 1. The molecule has 0 radical (unpaired) electrons. The average Bonchev–Trinajstić information content (AvgIpc) is 2.72. The Bertz CT molecular complexity index is 334. The van der Waals surface area contributed by atoms with E-state index >= 15 is 0 Å². The highest BCUT2D eigenvalue weighted by atomic mass is 79.9. The van der Waals surface area contributed by atoms with Gasteiger partial charge in [-0.1, -0.05) is 28.8 Å². The van der Waals surface area contributed by atoms with Crippen LogP contribution in [-0.4, -0.2) is 11.1 Å². The Balaban J connectivity index is 1.94. The molecule has 0 unspecified atom stereocenters. The molecule has 1 aromatic carbocycles. The minimum atomic E-state index is 0.335. The lowest BCUT2D eigenvalue weighted by Crippen LogP contribution is -2.25. The maximum absolute atomic E-state index is 9.38. The van der Waals surface area contributed by atoms with E-state index < -0.39 is 0 Å². The van der Waals surface area contributed by atoms with Gasteiger partial charge in [0.2, 0.25) is 0 Å². The fourth-order valence-corrected chi connectivity index (χ4v) is 2.47. The number of benzene rings is 1. The first-order valence-electron chi connectivity index (χ1n) is 5.46. The smallest absolute Gasteiger partial charge is 0.115 e. The maximum atomic E-state index is 9.38. The molecule has 0 amide bonds. The summed E-state index contributed by atoms with van der Waals surface area (Å²) in [6.45, 7) is 0.833. The number of hydrogen-bond acceptors (Lipinski definition) is 2. The van der Waals surface area contributed by atoms with Gasteiger partial charge >= 0.3 is 0 Å². The van der Waals surface area contributed by atoms with Crippen LogP contribution in [0.2, 0.25) is 0 Å². The van der Waals surface area contributed by atoms with Crippen LogP contribution in [0.3, 0.4) is 0 Å². The van der Waals surface area contributed by atoms with Crippen molar-refractivity contribution in [3.05, 3.63) is 28.2 Å². The lowest BCUT2D eigenvalue weighted by molar-refractivity contribution is 0.472. The van der Waals surface area contributed by atoms with Gasteiger partial charge < -0.3 is 10.4 Å². The van der Waals surface area contributed by atoms with E-state index in [4.69, 9.17) is 0 Å². The van der Waals surface area contributed by atoms with Crippen LogP contribution in [0.25, 0.3) is 0 Å². The molecule has 2 nitrogen and oxygen atoms in total. The minimum absolute atomic E-state index is 0.335. The molecule has 1 fully saturated rings. The number of aromatic hydroxyl groups is 1. The molecule has 1 saturated carbocycles. The minimum Gasteiger partial charge on any atom is -0.508 e. The van der Waals surface area contributed by atoms with Gasteiger partial charge in [0.25, 0.3) is 0 Å². The van der Waals surface area contributed by atoms with E-state index in [9.17, 15) is 5.11 Å². The Morgan fingerprint density at radius 2 is 2.07 bits per heavy atom. The van der Waals surface area contributed by atoms with E-state index in [1.54, 1.807) is 6.07 Å². The predicted molar refractivity (Wildman–Crippen MR) is 64.9 cm³/mol. The number of rotatable bonds is 3. The summed E-state index contributed by atoms with van der Waals surface area (Å²) in [5.74, 6) is 0.335. The molecule has 2 rings (SSSR count). The molecule has 1 aliphatic rings. The molecule has 82 valence electrons. The molecule has 15 heavy (non-hydrogen) atoms. The van der Waals surface area contributed by atoms with Gasteiger partial charge in [0.15, 0.2) is 0 Å². The van der Waals surface area contributed by atoms with Gasteiger partial charge in [0, 0.05) is 17.1 Å². The zero-order valence-corrected chi connectivity index (χ0v) is 10.3. The molecule has 0 bridgehead atoms. The van der Waals surface area contributed by atoms with Crippen LogP contribution >= 0.6 is 15.9 Å². The normalized spacial score (nSPS) is 17.1. The molecule has 0 atom stereocenters. The van der Waals surface area contributed by atoms with Crippen molar-refractivity contribution in [1.29, 1.82) is 0 Å². The summed E-state index contributed by atoms with van der Waals surface area (Å²) < 4.78 is 1.06. The first-order chi connectivity index (χ1) is 7.25. The van der Waals surface area contributed by atoms with Crippen LogP contribution in [0.15, 0.2) is 22.7 Å². The van der Waals surface area contributed by atoms with E-state index in [1.165, 1.54) is 25.7 Å². The second-order valence-electron chi connectivity index (χ2n) is 4.14. The van der Waals surface area contributed by atoms with Crippen molar-refractivity contribution < 1.29 is 5.11 Å². The van der Waals surface area contributed by atoms with Crippen LogP contribution in [0.1, 0.15) is 31.2 Å². The quantitative estimate of drug-likeness (QED) is 0.884. The third-order valence-electron chi connectivity index (χ3n) is 2.97. The number of phenols is 1. The molecular weight excluding hydrogens is 254 g/mol. The molecule has 0 aromatic heterocycles. The summed E-state index contributed by atoms with van der Waals surface area (Å²) >= 11 is 3.49. The Hall–Kier alpha value is -0.540. The zero-order valence-electron chi connectivity index (χ0n) is 8.67. The number of halogens is 1. The molecule has 0 heterocycles. The van der Waals surface area contributed by atoms with Crippen molar-refractivity contribution in [3.63, 3.8) is 0 Å². The van der Waals surface area contributed by atoms with Gasteiger partial charge in [-0.25, -0.2) is 0 Å². The Morgan fingerprint density at radius 1 is 1.33 bits per heavy atom. The second-order valence-corrected chi connectivity index (χ2v) is 4.99. The molecule has 0 saturated heterocycles. The van der Waals surface area contributed by atoms with Gasteiger partial charge in [0.05, 0.1) is 0 Å². The van der Waals surface area contributed by atoms with Crippen molar-refractivity contribution in [3.8, 4) is 5.75 Å². The largest absolute Gasteiger partial charge is 0.508 e. The summed E-state index contributed by atoms with van der Waals surface area (Å²) in [4.78, 5) is 0. The van der Waals surface area contributed by atoms with E-state index in [0.717, 1.165) is 16.6 Å². The summed E-state index contributed by atoms with van der Waals surface area (Å²) in [6.07, 6.45) is 5.27. The maximum Gasteiger partial charge on any atom is 0.115 e. The van der Waals surface area contributed by atoms with Crippen LogP contribution in [0.5, 0.6) is 5.75 Å². The standard InChI is InChI=1S/C12H16BrNO/c13-12-6-5-11(15)7-9(12)8-14-10-3-1-2-4-10/h5-7,10,14-15H,1-4,8H2. The first kappa shape index (κ1) is 11.0. The van der Waals surface area contributed by atoms with Gasteiger partial charge in [-0.15, -0.1) is 0 Å². The predicted octanol–water partition coefficient (Wildman–Crippen LogP) is 3.19. The Kier molecular flexibility index (Phi) is 3.65. The molecule has 1 aliphatic carbocycles. The lowest BCUT2D eigenvalue weighted by atomic mass is 10.2. The first-order valence-corrected chi connectivity index (χ1v) is 6.26. The molecule has 2 N–H and O–H groups in total. The highest BCUT2D eigenvalue weighted by Crippen LogP contribution is 2.23. The lowest BCUT2D eigenvalue weighted by Gasteiger charge is -2.12. The molecule has 1 aromatic rings. The third kappa shape index (κ3) is 2.95. The molecule has 0 aliphatic heterocycles. The Morgan fingerprint density at radius 3 is 2.80 bits per heavy atom. The summed E-state index contributed by atoms with van der Waals surface area (Å²) in [7, 11) is 0. The summed E-state index contributed by atoms with van der Waals surface area (Å²) in [5, 5.41) is 12.9. The monoisotopic (exact) mass is 269 g/mol. The van der Waals surface area contributed by atoms with Crippen molar-refractivity contribution in [2.24, 2.45) is 0 Å². The van der Waals surface area contributed by atoms with Gasteiger partial charge in [0.1, 0.15) is 5.75 Å². The van der Waals surface area contributed by atoms with Crippen molar-refractivity contribution in [2.45, 2.75) is 38.3 Å². The van der Waals surface area contributed by atoms with E-state index in [0.29, 0.717) is 11.8 Å². The fraction of sp³-hybridized carbons (Fsp3) is 0.500. The van der Waals surface area contributed by atoms with Crippen LogP contribution in [0, 0.1) is 0 Å². The van der Waals surface area contributed by atoms with Crippen LogP contribution in [0.4, 0.5) is 0 Å². The highest BCUT2D eigenvalue weighted by Gasteiger charge is 2.14. The fourth-order valence-electron chi connectivity index (χ4n) is 2.08. The van der Waals surface area contributed by atoms with Crippen molar-refractivity contribution in [1.82, 2.24) is 5.32 Å². The average molecular weight is 270 g/mol. The number of phenolic OH excluding ortho intramolecular Hbond substituents is 1. The Labute approximate surface area is 98.8 Å². The summed E-state index contributed by atoms with van der Waals surface area (Å²) in [6, 6.07) is 6.06. The van der Waals surface area contributed by atoms with E-state index in [2.05, 4.69) is 21.2 Å². The van der Waals surface area contributed by atoms with Crippen molar-refractivity contribution >= 4 is 15.9 Å². The second kappa shape index (κ2) is 4.99.